The van der Waals surface area contributed by atoms with Gasteiger partial charge in [0.2, 0.25) is 0 Å². The maximum Gasteiger partial charge on any atom is 0.416 e. The second-order valence-corrected chi connectivity index (χ2v) is 8.43. The summed E-state index contributed by atoms with van der Waals surface area (Å²) in [7, 11) is 0. The Morgan fingerprint density at radius 1 is 1.00 bits per heavy atom. The molecule has 0 aliphatic carbocycles. The van der Waals surface area contributed by atoms with Crippen LogP contribution >= 0.6 is 0 Å². The van der Waals surface area contributed by atoms with Crippen molar-refractivity contribution in [2.75, 3.05) is 26.2 Å². The number of fused-ring (bicyclic) bond motifs is 1. The molecule has 2 aromatic heterocycles. The van der Waals surface area contributed by atoms with Gasteiger partial charge in [0.25, 0.3) is 5.91 Å². The van der Waals surface area contributed by atoms with Crippen LogP contribution in [0.5, 0.6) is 5.75 Å². The van der Waals surface area contributed by atoms with Crippen molar-refractivity contribution in [1.29, 1.82) is 0 Å². The Hall–Kier alpha value is -4.18. The van der Waals surface area contributed by atoms with Crippen molar-refractivity contribution in [3.8, 4) is 17.0 Å². The van der Waals surface area contributed by atoms with E-state index in [1.54, 1.807) is 47.4 Å². The third-order valence-corrected chi connectivity index (χ3v) is 6.03. The van der Waals surface area contributed by atoms with Gasteiger partial charge in [-0.15, -0.1) is 0 Å². The molecule has 10 heteroatoms. The summed E-state index contributed by atoms with van der Waals surface area (Å²) in [6, 6.07) is 13.0. The second kappa shape index (κ2) is 9.46. The molecule has 3 heterocycles. The van der Waals surface area contributed by atoms with Gasteiger partial charge in [0.15, 0.2) is 5.65 Å². The van der Waals surface area contributed by atoms with E-state index in [-0.39, 0.29) is 11.7 Å². The molecule has 1 aliphatic rings. The molecule has 0 atom stereocenters. The number of piperazine rings is 1. The van der Waals surface area contributed by atoms with Crippen LogP contribution in [0, 0.1) is 0 Å². The van der Waals surface area contributed by atoms with E-state index < -0.39 is 11.7 Å². The highest BCUT2D eigenvalue weighted by atomic mass is 19.4. The highest BCUT2D eigenvalue weighted by Gasteiger charge is 2.30. The predicted molar refractivity (Wildman–Crippen MR) is 130 cm³/mol. The Labute approximate surface area is 204 Å². The van der Waals surface area contributed by atoms with E-state index in [0.717, 1.165) is 12.1 Å². The first-order chi connectivity index (χ1) is 17.3. The topological polar surface area (TPSA) is 94.1 Å². The van der Waals surface area contributed by atoms with E-state index >= 15 is 0 Å². The van der Waals surface area contributed by atoms with Crippen LogP contribution < -0.4 is 5.32 Å². The lowest BCUT2D eigenvalue weighted by Crippen LogP contribution is -2.46. The van der Waals surface area contributed by atoms with Crippen LogP contribution in [0.4, 0.5) is 13.2 Å². The molecule has 36 heavy (non-hydrogen) atoms. The fourth-order valence-corrected chi connectivity index (χ4v) is 4.12. The number of H-pyrrole nitrogens is 1. The summed E-state index contributed by atoms with van der Waals surface area (Å²) in [5, 5.41) is 20.6. The highest BCUT2D eigenvalue weighted by molar-refractivity contribution is 6.09. The molecule has 0 spiro atoms. The predicted octanol–water partition coefficient (Wildman–Crippen LogP) is 4.57. The number of benzene rings is 2. The third kappa shape index (κ3) is 4.80. The third-order valence-electron chi connectivity index (χ3n) is 6.03. The number of carbonyl (C=O) groups excluding carboxylic acids is 1. The van der Waals surface area contributed by atoms with Crippen LogP contribution in [0.2, 0.25) is 0 Å². The van der Waals surface area contributed by atoms with Gasteiger partial charge in [-0.05, 0) is 54.1 Å². The molecule has 5 rings (SSSR count). The number of aromatic nitrogens is 3. The molecule has 1 amide bonds. The molecule has 0 saturated carbocycles. The zero-order valence-electron chi connectivity index (χ0n) is 19.0. The van der Waals surface area contributed by atoms with Crippen molar-refractivity contribution >= 4 is 29.1 Å². The van der Waals surface area contributed by atoms with Crippen LogP contribution in [-0.4, -0.2) is 57.3 Å². The number of rotatable bonds is 4. The Morgan fingerprint density at radius 2 is 1.69 bits per heavy atom. The molecule has 0 bridgehead atoms. The number of hydrogen-bond donors (Lipinski definition) is 3. The van der Waals surface area contributed by atoms with E-state index in [1.807, 2.05) is 0 Å². The number of pyridine rings is 1. The number of aromatic amines is 1. The second-order valence-electron chi connectivity index (χ2n) is 8.43. The number of aromatic hydroxyl groups is 1. The fraction of sp³-hybridized carbons (Fsp3) is 0.192. The lowest BCUT2D eigenvalue weighted by molar-refractivity contribution is -0.137. The fourth-order valence-electron chi connectivity index (χ4n) is 4.12. The summed E-state index contributed by atoms with van der Waals surface area (Å²) in [6.07, 6.45) is -1.07. The maximum absolute atomic E-state index is 13.6. The van der Waals surface area contributed by atoms with Crippen LogP contribution in [0.15, 0.2) is 54.6 Å². The summed E-state index contributed by atoms with van der Waals surface area (Å²) < 4.78 is 38.6. The number of phenols is 1. The Bertz CT molecular complexity index is 1420. The van der Waals surface area contributed by atoms with Crippen LogP contribution in [-0.2, 0) is 6.18 Å². The SMILES string of the molecule is O=C(c1cc(-c2ccc(O)cc2)nc2n[nH]c(C=Cc3ccc(C(F)(F)F)cc3)c12)N1CCNCC1. The van der Waals surface area contributed by atoms with Gasteiger partial charge in [0.1, 0.15) is 5.75 Å². The summed E-state index contributed by atoms with van der Waals surface area (Å²) in [4.78, 5) is 19.9. The van der Waals surface area contributed by atoms with Gasteiger partial charge in [0.05, 0.1) is 27.9 Å². The highest BCUT2D eigenvalue weighted by Crippen LogP contribution is 2.31. The minimum atomic E-state index is -4.40. The van der Waals surface area contributed by atoms with Gasteiger partial charge >= 0.3 is 6.18 Å². The quantitative estimate of drug-likeness (QED) is 0.387. The van der Waals surface area contributed by atoms with Crippen molar-refractivity contribution in [2.45, 2.75) is 6.18 Å². The number of carbonyl (C=O) groups is 1. The molecule has 1 saturated heterocycles. The lowest BCUT2D eigenvalue weighted by atomic mass is 10.0. The molecule has 1 aliphatic heterocycles. The van der Waals surface area contributed by atoms with Crippen molar-refractivity contribution in [3.05, 3.63) is 77.0 Å². The van der Waals surface area contributed by atoms with Crippen LogP contribution in [0.3, 0.4) is 0 Å². The van der Waals surface area contributed by atoms with Gasteiger partial charge in [-0.1, -0.05) is 18.2 Å². The number of amides is 1. The van der Waals surface area contributed by atoms with Gasteiger partial charge in [-0.25, -0.2) is 4.98 Å². The Kier molecular flexibility index (Phi) is 6.19. The normalized spacial score (nSPS) is 14.6. The van der Waals surface area contributed by atoms with E-state index in [0.29, 0.717) is 65.3 Å². The monoisotopic (exact) mass is 493 g/mol. The Morgan fingerprint density at radius 3 is 2.36 bits per heavy atom. The standard InChI is InChI=1S/C26H22F3N5O2/c27-26(28,29)18-6-1-16(2-7-18)3-10-21-23-20(25(36)34-13-11-30-12-14-34)15-22(31-24(23)33-32-21)17-4-8-19(35)9-5-17/h1-10,15,30,35H,11-14H2,(H,31,32,33). The van der Waals surface area contributed by atoms with Crippen LogP contribution in [0.1, 0.15) is 27.2 Å². The number of nitrogens with one attached hydrogen (secondary N) is 2. The lowest BCUT2D eigenvalue weighted by Gasteiger charge is -2.27. The number of halogens is 3. The summed E-state index contributed by atoms with van der Waals surface area (Å²) >= 11 is 0. The summed E-state index contributed by atoms with van der Waals surface area (Å²) in [6.45, 7) is 2.51. The first-order valence-corrected chi connectivity index (χ1v) is 11.3. The summed E-state index contributed by atoms with van der Waals surface area (Å²) in [5.74, 6) is -0.0399. The molecule has 3 N–H and O–H groups in total. The van der Waals surface area contributed by atoms with Crippen molar-refractivity contribution in [3.63, 3.8) is 0 Å². The average Bonchev–Trinajstić information content (AvgIpc) is 3.30. The average molecular weight is 493 g/mol. The molecule has 184 valence electrons. The van der Waals surface area contributed by atoms with Crippen molar-refractivity contribution in [2.24, 2.45) is 0 Å². The molecule has 0 unspecified atom stereocenters. The molecular formula is C26H22F3N5O2. The van der Waals surface area contributed by atoms with Gasteiger partial charge in [-0.3, -0.25) is 9.89 Å². The Balaban J connectivity index is 1.56. The molecule has 7 nitrogen and oxygen atoms in total. The first-order valence-electron chi connectivity index (χ1n) is 11.3. The van der Waals surface area contributed by atoms with Gasteiger partial charge < -0.3 is 15.3 Å². The first kappa shape index (κ1) is 23.6. The minimum Gasteiger partial charge on any atom is -0.508 e. The van der Waals surface area contributed by atoms with Crippen molar-refractivity contribution < 1.29 is 23.1 Å². The minimum absolute atomic E-state index is 0.118. The number of phenolic OH excluding ortho intramolecular Hbond substituents is 1. The van der Waals surface area contributed by atoms with Crippen LogP contribution in [0.25, 0.3) is 34.4 Å². The van der Waals surface area contributed by atoms with E-state index in [9.17, 15) is 23.1 Å². The summed E-state index contributed by atoms with van der Waals surface area (Å²) in [5.41, 5.74) is 2.38. The molecule has 2 aromatic carbocycles. The van der Waals surface area contributed by atoms with Gasteiger partial charge in [-0.2, -0.15) is 18.3 Å². The number of hydrogen-bond acceptors (Lipinski definition) is 5. The number of nitrogens with zero attached hydrogens (tertiary/aromatic N) is 3. The molecule has 1 fully saturated rings. The smallest absolute Gasteiger partial charge is 0.416 e. The number of alkyl halides is 3. The van der Waals surface area contributed by atoms with E-state index in [2.05, 4.69) is 20.5 Å². The zero-order valence-corrected chi connectivity index (χ0v) is 19.0. The van der Waals surface area contributed by atoms with Crippen molar-refractivity contribution in [1.82, 2.24) is 25.4 Å². The molecule has 0 radical (unpaired) electrons. The van der Waals surface area contributed by atoms with E-state index in [1.165, 1.54) is 12.1 Å². The zero-order chi connectivity index (χ0) is 25.3. The van der Waals surface area contributed by atoms with E-state index in [4.69, 9.17) is 0 Å². The maximum atomic E-state index is 13.6. The molecule has 4 aromatic rings. The molecular weight excluding hydrogens is 471 g/mol. The van der Waals surface area contributed by atoms with Gasteiger partial charge in [0, 0.05) is 31.7 Å². The largest absolute Gasteiger partial charge is 0.508 e.